The Bertz CT molecular complexity index is 841. The Morgan fingerprint density at radius 3 is 2.50 bits per heavy atom. The lowest BCUT2D eigenvalue weighted by Gasteiger charge is -2.22. The van der Waals surface area contributed by atoms with Crippen LogP contribution in [0.1, 0.15) is 23.7 Å². The number of anilines is 1. The molecule has 0 bridgehead atoms. The number of nitrogens with zero attached hydrogens (tertiary/aromatic N) is 1. The van der Waals surface area contributed by atoms with Crippen molar-refractivity contribution in [2.45, 2.75) is 13.3 Å². The Kier molecular flexibility index (Phi) is 8.29. The summed E-state index contributed by atoms with van der Waals surface area (Å²) < 4.78 is 5.45. The molecule has 0 saturated heterocycles. The Morgan fingerprint density at radius 1 is 1.14 bits per heavy atom. The molecule has 0 atom stereocenters. The van der Waals surface area contributed by atoms with Gasteiger partial charge < -0.3 is 15.0 Å². The molecule has 0 aliphatic carbocycles. The highest BCUT2D eigenvalue weighted by molar-refractivity contribution is 6.35. The second-order valence-corrected chi connectivity index (χ2v) is 6.81. The average molecular weight is 423 g/mol. The number of ether oxygens (including phenoxy) is 1. The van der Waals surface area contributed by atoms with Crippen LogP contribution < -0.4 is 10.1 Å². The van der Waals surface area contributed by atoms with Gasteiger partial charge in [0.25, 0.3) is 5.91 Å². The van der Waals surface area contributed by atoms with Crippen LogP contribution in [0, 0.1) is 0 Å². The second-order valence-electron chi connectivity index (χ2n) is 5.96. The van der Waals surface area contributed by atoms with Gasteiger partial charge in [-0.1, -0.05) is 30.1 Å². The summed E-state index contributed by atoms with van der Waals surface area (Å²) in [5.74, 6) is -0.250. The highest BCUT2D eigenvalue weighted by atomic mass is 35.5. The number of amides is 2. The summed E-state index contributed by atoms with van der Waals surface area (Å²) in [6, 6.07) is 11.1. The standard InChI is InChI=1S/C20H20Cl2N2O4/c1-2-9-24(11-19(26)23-18-10-15(21)5-8-17(18)22)20(27)13-28-16-6-3-14(12-25)4-7-16/h3-8,10,12H,2,9,11,13H2,1H3,(H,23,26). The molecule has 2 aromatic rings. The number of aldehydes is 1. The third-order valence-corrected chi connectivity index (χ3v) is 4.33. The van der Waals surface area contributed by atoms with Crippen molar-refractivity contribution >= 4 is 47.0 Å². The SMILES string of the molecule is CCCN(CC(=O)Nc1cc(Cl)ccc1Cl)C(=O)COc1ccc(C=O)cc1. The zero-order valence-corrected chi connectivity index (χ0v) is 16.8. The van der Waals surface area contributed by atoms with Gasteiger partial charge in [0.1, 0.15) is 12.0 Å². The lowest BCUT2D eigenvalue weighted by Crippen LogP contribution is -2.41. The molecule has 0 heterocycles. The van der Waals surface area contributed by atoms with E-state index in [0.29, 0.717) is 40.0 Å². The summed E-state index contributed by atoms with van der Waals surface area (Å²) >= 11 is 12.0. The summed E-state index contributed by atoms with van der Waals surface area (Å²) in [7, 11) is 0. The maximum absolute atomic E-state index is 12.5. The molecule has 148 valence electrons. The summed E-state index contributed by atoms with van der Waals surface area (Å²) in [5.41, 5.74) is 0.900. The van der Waals surface area contributed by atoms with Gasteiger partial charge in [0.2, 0.25) is 5.91 Å². The Labute approximate surface area is 173 Å². The molecule has 1 N–H and O–H groups in total. The summed E-state index contributed by atoms with van der Waals surface area (Å²) in [6.07, 6.45) is 1.41. The highest BCUT2D eigenvalue weighted by Gasteiger charge is 2.18. The minimum atomic E-state index is -0.388. The molecular formula is C20H20Cl2N2O4. The average Bonchev–Trinajstić information content (AvgIpc) is 2.69. The molecule has 0 spiro atoms. The molecule has 6 nitrogen and oxygen atoms in total. The van der Waals surface area contributed by atoms with Gasteiger partial charge in [0.15, 0.2) is 6.61 Å². The molecule has 2 aromatic carbocycles. The first kappa shape index (κ1) is 21.7. The van der Waals surface area contributed by atoms with Crippen LogP contribution in [0.25, 0.3) is 0 Å². The third-order valence-electron chi connectivity index (χ3n) is 3.76. The zero-order valence-electron chi connectivity index (χ0n) is 15.3. The normalized spacial score (nSPS) is 10.2. The number of hydrogen-bond acceptors (Lipinski definition) is 4. The van der Waals surface area contributed by atoms with Crippen molar-refractivity contribution in [1.29, 1.82) is 0 Å². The number of halogens is 2. The first-order valence-corrected chi connectivity index (χ1v) is 9.39. The Hall–Kier alpha value is -2.57. The van der Waals surface area contributed by atoms with E-state index in [1.165, 1.54) is 4.90 Å². The van der Waals surface area contributed by atoms with Crippen LogP contribution in [0.15, 0.2) is 42.5 Å². The van der Waals surface area contributed by atoms with Crippen molar-refractivity contribution in [3.05, 3.63) is 58.1 Å². The van der Waals surface area contributed by atoms with Gasteiger partial charge in [-0.25, -0.2) is 0 Å². The van der Waals surface area contributed by atoms with E-state index in [-0.39, 0.29) is 25.0 Å². The fourth-order valence-electron chi connectivity index (χ4n) is 2.40. The monoisotopic (exact) mass is 422 g/mol. The van der Waals surface area contributed by atoms with E-state index in [0.717, 1.165) is 6.29 Å². The van der Waals surface area contributed by atoms with Crippen molar-refractivity contribution in [3.8, 4) is 5.75 Å². The molecule has 28 heavy (non-hydrogen) atoms. The van der Waals surface area contributed by atoms with E-state index in [1.54, 1.807) is 42.5 Å². The van der Waals surface area contributed by atoms with E-state index in [9.17, 15) is 14.4 Å². The quantitative estimate of drug-likeness (QED) is 0.618. The number of carbonyl (C=O) groups is 3. The van der Waals surface area contributed by atoms with Gasteiger partial charge in [-0.05, 0) is 48.9 Å². The number of rotatable bonds is 9. The Balaban J connectivity index is 1.94. The molecule has 0 fully saturated rings. The third kappa shape index (κ3) is 6.55. The number of carbonyl (C=O) groups excluding carboxylic acids is 3. The minimum Gasteiger partial charge on any atom is -0.484 e. The lowest BCUT2D eigenvalue weighted by molar-refractivity contribution is -0.136. The van der Waals surface area contributed by atoms with E-state index < -0.39 is 0 Å². The van der Waals surface area contributed by atoms with Crippen molar-refractivity contribution < 1.29 is 19.1 Å². The molecule has 2 amide bonds. The van der Waals surface area contributed by atoms with Crippen LogP contribution in [0.3, 0.4) is 0 Å². The number of hydrogen-bond donors (Lipinski definition) is 1. The molecule has 2 rings (SSSR count). The fourth-order valence-corrected chi connectivity index (χ4v) is 2.73. The van der Waals surface area contributed by atoms with Crippen molar-refractivity contribution in [2.75, 3.05) is 25.0 Å². The van der Waals surface area contributed by atoms with E-state index in [4.69, 9.17) is 27.9 Å². The van der Waals surface area contributed by atoms with Crippen LogP contribution in [-0.4, -0.2) is 42.7 Å². The molecule has 0 aromatic heterocycles. The van der Waals surface area contributed by atoms with E-state index >= 15 is 0 Å². The molecule has 0 radical (unpaired) electrons. The maximum atomic E-state index is 12.5. The summed E-state index contributed by atoms with van der Waals surface area (Å²) in [5, 5.41) is 3.45. The molecule has 0 unspecified atom stereocenters. The van der Waals surface area contributed by atoms with Crippen LogP contribution >= 0.6 is 23.2 Å². The number of benzene rings is 2. The first-order chi connectivity index (χ1) is 13.4. The lowest BCUT2D eigenvalue weighted by atomic mass is 10.2. The molecule has 0 aliphatic rings. The van der Waals surface area contributed by atoms with Crippen LogP contribution in [0.5, 0.6) is 5.75 Å². The van der Waals surface area contributed by atoms with E-state index in [2.05, 4.69) is 5.32 Å². The van der Waals surface area contributed by atoms with Crippen molar-refractivity contribution in [1.82, 2.24) is 4.90 Å². The van der Waals surface area contributed by atoms with Gasteiger partial charge in [0, 0.05) is 17.1 Å². The van der Waals surface area contributed by atoms with Crippen molar-refractivity contribution in [3.63, 3.8) is 0 Å². The molecule has 0 saturated carbocycles. The molecule has 8 heteroatoms. The summed E-state index contributed by atoms with van der Waals surface area (Å²) in [6.45, 7) is 1.96. The van der Waals surface area contributed by atoms with Gasteiger partial charge in [0.05, 0.1) is 17.3 Å². The van der Waals surface area contributed by atoms with E-state index in [1.807, 2.05) is 6.92 Å². The Morgan fingerprint density at radius 2 is 1.86 bits per heavy atom. The van der Waals surface area contributed by atoms with Crippen LogP contribution in [0.2, 0.25) is 10.0 Å². The van der Waals surface area contributed by atoms with Crippen LogP contribution in [-0.2, 0) is 9.59 Å². The fraction of sp³-hybridized carbons (Fsp3) is 0.250. The molecule has 0 aliphatic heterocycles. The minimum absolute atomic E-state index is 0.136. The predicted molar refractivity (Wildman–Crippen MR) is 109 cm³/mol. The summed E-state index contributed by atoms with van der Waals surface area (Å²) in [4.78, 5) is 36.9. The predicted octanol–water partition coefficient (Wildman–Crippen LogP) is 4.06. The molecular weight excluding hydrogens is 403 g/mol. The highest BCUT2D eigenvalue weighted by Crippen LogP contribution is 2.25. The van der Waals surface area contributed by atoms with Crippen LogP contribution in [0.4, 0.5) is 5.69 Å². The first-order valence-electron chi connectivity index (χ1n) is 8.63. The second kappa shape index (κ2) is 10.7. The smallest absolute Gasteiger partial charge is 0.260 e. The zero-order chi connectivity index (χ0) is 20.5. The number of nitrogens with one attached hydrogen (secondary N) is 1. The van der Waals surface area contributed by atoms with Gasteiger partial charge >= 0.3 is 0 Å². The maximum Gasteiger partial charge on any atom is 0.260 e. The topological polar surface area (TPSA) is 75.7 Å². The van der Waals surface area contributed by atoms with Gasteiger partial charge in [-0.2, -0.15) is 0 Å². The van der Waals surface area contributed by atoms with Gasteiger partial charge in [-0.3, -0.25) is 14.4 Å². The van der Waals surface area contributed by atoms with Gasteiger partial charge in [-0.15, -0.1) is 0 Å². The van der Waals surface area contributed by atoms with Crippen molar-refractivity contribution in [2.24, 2.45) is 0 Å². The largest absolute Gasteiger partial charge is 0.484 e.